The van der Waals surface area contributed by atoms with E-state index in [0.29, 0.717) is 12.5 Å². The second kappa shape index (κ2) is 6.86. The van der Waals surface area contributed by atoms with E-state index in [-0.39, 0.29) is 6.03 Å². The molecular weight excluding hydrogens is 288 g/mol. The average molecular weight is 312 g/mol. The molecule has 3 rings (SSSR count). The third-order valence-corrected chi connectivity index (χ3v) is 4.43. The topological polar surface area (TPSA) is 50.2 Å². The number of rotatable bonds is 4. The number of hydrogen-bond donors (Lipinski definition) is 1. The summed E-state index contributed by atoms with van der Waals surface area (Å²) in [7, 11) is 0. The summed E-state index contributed by atoms with van der Waals surface area (Å²) in [5.74, 6) is 1.49. The average Bonchev–Trinajstić information content (AvgIpc) is 3.17. The van der Waals surface area contributed by atoms with Crippen LogP contribution in [0.3, 0.4) is 0 Å². The lowest BCUT2D eigenvalue weighted by atomic mass is 10.1. The number of imidazole rings is 1. The Balaban J connectivity index is 1.72. The van der Waals surface area contributed by atoms with Gasteiger partial charge in [-0.05, 0) is 26.2 Å². The maximum absolute atomic E-state index is 11.9. The van der Waals surface area contributed by atoms with E-state index < -0.39 is 0 Å². The molecule has 1 aliphatic heterocycles. The largest absolute Gasteiger partial charge is 0.338 e. The monoisotopic (exact) mass is 312 g/mol. The Labute approximate surface area is 137 Å². The van der Waals surface area contributed by atoms with Crippen molar-refractivity contribution in [1.29, 1.82) is 0 Å². The Bertz CT molecular complexity index is 665. The molecule has 1 fully saturated rings. The zero-order chi connectivity index (χ0) is 16.2. The Morgan fingerprint density at radius 2 is 2.13 bits per heavy atom. The molecule has 1 saturated heterocycles. The Morgan fingerprint density at radius 3 is 2.87 bits per heavy atom. The van der Waals surface area contributed by atoms with Gasteiger partial charge in [-0.2, -0.15) is 0 Å². The predicted molar refractivity (Wildman–Crippen MR) is 91.2 cm³/mol. The predicted octanol–water partition coefficient (Wildman–Crippen LogP) is 2.91. The molecule has 1 aromatic heterocycles. The Morgan fingerprint density at radius 1 is 1.35 bits per heavy atom. The Hall–Kier alpha value is -2.30. The lowest BCUT2D eigenvalue weighted by Crippen LogP contribution is -2.38. The van der Waals surface area contributed by atoms with Crippen molar-refractivity contribution >= 4 is 6.03 Å². The molecule has 0 bridgehead atoms. The first-order valence-corrected chi connectivity index (χ1v) is 8.29. The quantitative estimate of drug-likeness (QED) is 0.943. The van der Waals surface area contributed by atoms with Crippen molar-refractivity contribution in [3.8, 4) is 11.4 Å². The van der Waals surface area contributed by atoms with Gasteiger partial charge in [-0.15, -0.1) is 0 Å². The molecule has 5 heteroatoms. The fraction of sp³-hybridized carbons (Fsp3) is 0.444. The minimum absolute atomic E-state index is 0.0561. The molecule has 2 amide bonds. The minimum atomic E-state index is 0.0561. The second-order valence-electron chi connectivity index (χ2n) is 6.14. The maximum Gasteiger partial charge on any atom is 0.317 e. The van der Waals surface area contributed by atoms with Crippen LogP contribution in [-0.4, -0.2) is 40.1 Å². The first-order chi connectivity index (χ1) is 11.2. The van der Waals surface area contributed by atoms with Crippen LogP contribution in [0.25, 0.3) is 11.4 Å². The Kier molecular flexibility index (Phi) is 4.65. The number of nitrogens with one attached hydrogen (secondary N) is 1. The van der Waals surface area contributed by atoms with E-state index in [4.69, 9.17) is 0 Å². The molecule has 1 aromatic carbocycles. The molecule has 122 valence electrons. The summed E-state index contributed by atoms with van der Waals surface area (Å²) in [6, 6.07) is 10.3. The fourth-order valence-corrected chi connectivity index (χ4v) is 3.20. The van der Waals surface area contributed by atoms with Gasteiger partial charge in [0.1, 0.15) is 5.82 Å². The molecule has 1 aliphatic rings. The van der Waals surface area contributed by atoms with Crippen LogP contribution in [-0.2, 0) is 6.54 Å². The molecule has 0 saturated carbocycles. The highest BCUT2D eigenvalue weighted by Gasteiger charge is 2.27. The van der Waals surface area contributed by atoms with E-state index in [9.17, 15) is 4.79 Å². The number of aryl methyl sites for hydroxylation is 1. The van der Waals surface area contributed by atoms with Crippen LogP contribution in [0.15, 0.2) is 36.5 Å². The summed E-state index contributed by atoms with van der Waals surface area (Å²) in [5, 5.41) is 2.88. The number of urea groups is 1. The first-order valence-electron chi connectivity index (χ1n) is 8.29. The first kappa shape index (κ1) is 15.6. The zero-order valence-electron chi connectivity index (χ0n) is 13.8. The number of nitrogens with zero attached hydrogens (tertiary/aromatic N) is 3. The molecule has 5 nitrogen and oxygen atoms in total. The van der Waals surface area contributed by atoms with Crippen LogP contribution in [0, 0.1) is 12.8 Å². The van der Waals surface area contributed by atoms with Gasteiger partial charge in [0.2, 0.25) is 0 Å². The van der Waals surface area contributed by atoms with Crippen molar-refractivity contribution in [2.75, 3.05) is 19.6 Å². The van der Waals surface area contributed by atoms with Crippen molar-refractivity contribution in [3.05, 3.63) is 42.2 Å². The molecular formula is C18H24N4O. The van der Waals surface area contributed by atoms with E-state index >= 15 is 0 Å². The van der Waals surface area contributed by atoms with E-state index in [1.165, 1.54) is 5.69 Å². The van der Waals surface area contributed by atoms with E-state index in [1.807, 2.05) is 36.2 Å². The number of hydrogen-bond acceptors (Lipinski definition) is 2. The number of carbonyl (C=O) groups excluding carboxylic acids is 1. The number of amides is 2. The van der Waals surface area contributed by atoms with Gasteiger partial charge >= 0.3 is 6.03 Å². The number of benzene rings is 1. The summed E-state index contributed by atoms with van der Waals surface area (Å²) in [5.41, 5.74) is 2.31. The highest BCUT2D eigenvalue weighted by molar-refractivity contribution is 5.74. The summed E-state index contributed by atoms with van der Waals surface area (Å²) in [6.45, 7) is 7.29. The van der Waals surface area contributed by atoms with Gasteiger partial charge in [-0.3, -0.25) is 0 Å². The van der Waals surface area contributed by atoms with Crippen molar-refractivity contribution in [3.63, 3.8) is 0 Å². The minimum Gasteiger partial charge on any atom is -0.338 e. The number of aromatic nitrogens is 2. The lowest BCUT2D eigenvalue weighted by molar-refractivity contribution is 0.207. The van der Waals surface area contributed by atoms with Crippen LogP contribution in [0.2, 0.25) is 0 Å². The fourth-order valence-electron chi connectivity index (χ4n) is 3.20. The van der Waals surface area contributed by atoms with Crippen LogP contribution in [0.5, 0.6) is 0 Å². The van der Waals surface area contributed by atoms with Gasteiger partial charge in [0, 0.05) is 43.6 Å². The van der Waals surface area contributed by atoms with Crippen LogP contribution in [0.1, 0.15) is 19.0 Å². The van der Waals surface area contributed by atoms with E-state index in [2.05, 4.69) is 33.9 Å². The molecule has 0 radical (unpaired) electrons. The van der Waals surface area contributed by atoms with Crippen LogP contribution in [0.4, 0.5) is 4.79 Å². The van der Waals surface area contributed by atoms with Crippen LogP contribution >= 0.6 is 0 Å². The molecule has 2 heterocycles. The number of carbonyl (C=O) groups is 1. The number of likely N-dealkylation sites (tertiary alicyclic amines) is 1. The second-order valence-corrected chi connectivity index (χ2v) is 6.14. The molecule has 1 N–H and O–H groups in total. The summed E-state index contributed by atoms with van der Waals surface area (Å²) in [6.07, 6.45) is 2.97. The normalized spacial score (nSPS) is 17.5. The smallest absolute Gasteiger partial charge is 0.317 e. The SMILES string of the molecule is CCNC(=O)N1CCC(Cn2c(C)cnc2-c2ccccc2)C1. The van der Waals surface area contributed by atoms with Gasteiger partial charge in [-0.1, -0.05) is 30.3 Å². The third-order valence-electron chi connectivity index (χ3n) is 4.43. The van der Waals surface area contributed by atoms with Gasteiger partial charge in [0.05, 0.1) is 0 Å². The zero-order valence-corrected chi connectivity index (χ0v) is 13.8. The van der Waals surface area contributed by atoms with E-state index in [0.717, 1.165) is 37.4 Å². The molecule has 0 spiro atoms. The maximum atomic E-state index is 11.9. The highest BCUT2D eigenvalue weighted by atomic mass is 16.2. The van der Waals surface area contributed by atoms with Crippen molar-refractivity contribution in [1.82, 2.24) is 19.8 Å². The van der Waals surface area contributed by atoms with Crippen molar-refractivity contribution in [2.24, 2.45) is 5.92 Å². The highest BCUT2D eigenvalue weighted by Crippen LogP contribution is 2.24. The summed E-state index contributed by atoms with van der Waals surface area (Å²) in [4.78, 5) is 18.4. The van der Waals surface area contributed by atoms with Gasteiger partial charge in [0.25, 0.3) is 0 Å². The molecule has 1 unspecified atom stereocenters. The third kappa shape index (κ3) is 3.38. The van der Waals surface area contributed by atoms with Gasteiger partial charge in [0.15, 0.2) is 0 Å². The molecule has 2 aromatic rings. The van der Waals surface area contributed by atoms with Gasteiger partial charge in [-0.25, -0.2) is 9.78 Å². The lowest BCUT2D eigenvalue weighted by Gasteiger charge is -2.18. The molecule has 1 atom stereocenters. The molecule has 0 aliphatic carbocycles. The van der Waals surface area contributed by atoms with Crippen LogP contribution < -0.4 is 5.32 Å². The van der Waals surface area contributed by atoms with Gasteiger partial charge < -0.3 is 14.8 Å². The standard InChI is InChI=1S/C18H24N4O/c1-3-19-18(23)21-10-9-15(12-21)13-22-14(2)11-20-17(22)16-7-5-4-6-8-16/h4-8,11,15H,3,9-10,12-13H2,1-2H3,(H,19,23). The van der Waals surface area contributed by atoms with E-state index in [1.54, 1.807) is 0 Å². The summed E-state index contributed by atoms with van der Waals surface area (Å²) < 4.78 is 2.28. The van der Waals surface area contributed by atoms with Crippen molar-refractivity contribution in [2.45, 2.75) is 26.8 Å². The molecule has 23 heavy (non-hydrogen) atoms. The summed E-state index contributed by atoms with van der Waals surface area (Å²) >= 11 is 0. The van der Waals surface area contributed by atoms with Crippen molar-refractivity contribution < 1.29 is 4.79 Å².